The molecule has 1 N–H and O–H groups in total. The van der Waals surface area contributed by atoms with Crippen LogP contribution in [0.15, 0.2) is 30.3 Å². The molecule has 3 saturated heterocycles. The van der Waals surface area contributed by atoms with Crippen LogP contribution in [0, 0.1) is 35.7 Å². The van der Waals surface area contributed by atoms with E-state index in [0.717, 1.165) is 25.0 Å². The van der Waals surface area contributed by atoms with E-state index < -0.39 is 35.2 Å². The highest BCUT2D eigenvalue weighted by Crippen LogP contribution is 2.42. The fourth-order valence-corrected chi connectivity index (χ4v) is 7.47. The lowest BCUT2D eigenvalue weighted by Gasteiger charge is -2.36. The molecule has 4 heterocycles. The van der Waals surface area contributed by atoms with Gasteiger partial charge in [0.1, 0.15) is 35.3 Å². The lowest BCUT2D eigenvalue weighted by molar-refractivity contribution is -0.120. The van der Waals surface area contributed by atoms with Crippen molar-refractivity contribution < 1.29 is 31.8 Å². The molecule has 8 nitrogen and oxygen atoms in total. The summed E-state index contributed by atoms with van der Waals surface area (Å²) in [4.78, 5) is 24.4. The third-order valence-electron chi connectivity index (χ3n) is 10.2. The van der Waals surface area contributed by atoms with Crippen molar-refractivity contribution in [1.29, 1.82) is 0 Å². The topological polar surface area (TPSA) is 79.8 Å². The fourth-order valence-electron chi connectivity index (χ4n) is 7.47. The van der Waals surface area contributed by atoms with Crippen molar-refractivity contribution in [2.75, 3.05) is 44.9 Å². The van der Waals surface area contributed by atoms with E-state index >= 15 is 8.78 Å². The molecule has 0 unspecified atom stereocenters. The van der Waals surface area contributed by atoms with Crippen molar-refractivity contribution in [3.8, 4) is 35.2 Å². The number of likely N-dealkylation sites (tertiary alicyclic amines) is 1. The number of likely N-dealkylation sites (N-methyl/N-ethyl adjacent to an activating group) is 1. The average Bonchev–Trinajstić information content (AvgIpc) is 3.55. The van der Waals surface area contributed by atoms with E-state index in [1.807, 2.05) is 23.8 Å². The van der Waals surface area contributed by atoms with Crippen LogP contribution in [0.5, 0.6) is 11.8 Å². The maximum Gasteiger partial charge on any atom is 0.319 e. The summed E-state index contributed by atoms with van der Waals surface area (Å²) in [6.45, 7) is 3.46. The zero-order valence-corrected chi connectivity index (χ0v) is 26.0. The number of nitrogens with zero attached hydrogens (tertiary/aromatic N) is 4. The number of hydrogen-bond acceptors (Lipinski definition) is 8. The molecule has 244 valence electrons. The lowest BCUT2D eigenvalue weighted by Crippen LogP contribution is -2.51. The van der Waals surface area contributed by atoms with Gasteiger partial charge in [-0.25, -0.2) is 13.2 Å². The maximum atomic E-state index is 17.0. The molecule has 3 aromatic carbocycles. The zero-order valence-electron chi connectivity index (χ0n) is 26.0. The molecule has 0 radical (unpaired) electrons. The molecule has 0 saturated carbocycles. The number of fused-ring (bicyclic) bond motifs is 4. The molecule has 2 bridgehead atoms. The Bertz CT molecular complexity index is 1940. The molecular formula is C35H33F4N5O3. The van der Waals surface area contributed by atoms with Crippen LogP contribution in [0.3, 0.4) is 0 Å². The number of nitrogens with one attached hydrogen (secondary N) is 1. The van der Waals surface area contributed by atoms with Crippen LogP contribution in [0.4, 0.5) is 23.4 Å². The first-order valence-corrected chi connectivity index (χ1v) is 15.6. The number of carbonyl (C=O) groups excluding carboxylic acids is 1. The van der Waals surface area contributed by atoms with Crippen LogP contribution in [0.25, 0.3) is 32.8 Å². The average molecular weight is 648 g/mol. The van der Waals surface area contributed by atoms with Gasteiger partial charge in [0.15, 0.2) is 5.82 Å². The number of terminal acetylenes is 1. The second-order valence-corrected chi connectivity index (χ2v) is 12.9. The number of piperazine rings is 1. The predicted octanol–water partition coefficient (Wildman–Crippen LogP) is 5.38. The van der Waals surface area contributed by atoms with Crippen molar-refractivity contribution in [2.24, 2.45) is 5.92 Å². The molecule has 4 atom stereocenters. The summed E-state index contributed by atoms with van der Waals surface area (Å²) in [7, 11) is 1.90. The van der Waals surface area contributed by atoms with E-state index in [1.54, 1.807) is 0 Å². The third-order valence-corrected chi connectivity index (χ3v) is 10.2. The summed E-state index contributed by atoms with van der Waals surface area (Å²) in [6, 6.07) is 6.61. The van der Waals surface area contributed by atoms with Crippen LogP contribution >= 0.6 is 0 Å². The second kappa shape index (κ2) is 12.0. The number of benzene rings is 3. The van der Waals surface area contributed by atoms with E-state index in [2.05, 4.69) is 21.2 Å². The van der Waals surface area contributed by atoms with Gasteiger partial charge in [0.25, 0.3) is 6.47 Å². The number of aromatic nitrogens is 2. The molecule has 3 aliphatic heterocycles. The molecule has 47 heavy (non-hydrogen) atoms. The largest absolute Gasteiger partial charge is 0.461 e. The van der Waals surface area contributed by atoms with Crippen molar-refractivity contribution in [3.63, 3.8) is 0 Å². The summed E-state index contributed by atoms with van der Waals surface area (Å²) in [6.07, 6.45) is 8.26. The van der Waals surface area contributed by atoms with Gasteiger partial charge >= 0.3 is 6.01 Å². The van der Waals surface area contributed by atoms with E-state index in [4.69, 9.17) is 15.9 Å². The standard InChI is InChI=1S/C35H33F4N5O3/c1-4-24-27(37)8-5-19-11-23(47-18-45)12-25(29(19)24)30-28(38)13-26-32(31(30)39)41-34(46-17-35(2)20(14-36)9-10-43(35)3)42-33(26)44-15-21-6-7-22(16-44)40-21/h1,5,8,11-13,18,20-22,40H,6-7,9-10,14-17H2,2-3H3/t20-,21-,22+,35+/m1/s1. The second-order valence-electron chi connectivity index (χ2n) is 12.9. The van der Waals surface area contributed by atoms with Gasteiger partial charge in [-0.05, 0) is 69.4 Å². The molecule has 12 heteroatoms. The lowest BCUT2D eigenvalue weighted by atomic mass is 9.88. The van der Waals surface area contributed by atoms with Gasteiger partial charge in [0.05, 0.1) is 23.3 Å². The minimum Gasteiger partial charge on any atom is -0.461 e. The molecule has 1 aromatic heterocycles. The zero-order chi connectivity index (χ0) is 33.0. The van der Waals surface area contributed by atoms with Crippen LogP contribution in [-0.2, 0) is 4.79 Å². The molecule has 0 spiro atoms. The number of halogens is 4. The van der Waals surface area contributed by atoms with Crippen LogP contribution < -0.4 is 19.7 Å². The summed E-state index contributed by atoms with van der Waals surface area (Å²) in [5.41, 5.74) is -1.71. The Morgan fingerprint density at radius 3 is 2.57 bits per heavy atom. The van der Waals surface area contributed by atoms with E-state index in [-0.39, 0.29) is 70.3 Å². The highest BCUT2D eigenvalue weighted by molar-refractivity contribution is 6.04. The summed E-state index contributed by atoms with van der Waals surface area (Å²) >= 11 is 0. The molecule has 0 aliphatic carbocycles. The van der Waals surface area contributed by atoms with Gasteiger partial charge in [-0.3, -0.25) is 14.1 Å². The maximum absolute atomic E-state index is 17.0. The van der Waals surface area contributed by atoms with E-state index in [0.29, 0.717) is 37.3 Å². The van der Waals surface area contributed by atoms with Crippen molar-refractivity contribution >= 4 is 34.0 Å². The number of carbonyl (C=O) groups is 1. The Hall–Kier alpha value is -4.47. The minimum absolute atomic E-state index is 0.0176. The third kappa shape index (κ3) is 5.22. The van der Waals surface area contributed by atoms with Crippen LogP contribution in [0.1, 0.15) is 31.7 Å². The Balaban J connectivity index is 1.43. The van der Waals surface area contributed by atoms with Crippen molar-refractivity contribution in [3.05, 3.63) is 53.3 Å². The van der Waals surface area contributed by atoms with Gasteiger partial charge < -0.3 is 19.7 Å². The molecule has 7 rings (SSSR count). The first-order chi connectivity index (χ1) is 22.6. The molecule has 0 amide bonds. The van der Waals surface area contributed by atoms with E-state index in [9.17, 15) is 13.6 Å². The summed E-state index contributed by atoms with van der Waals surface area (Å²) in [5, 5.41) is 4.07. The Labute approximate surface area is 269 Å². The van der Waals surface area contributed by atoms with Gasteiger partial charge in [-0.1, -0.05) is 12.0 Å². The molecular weight excluding hydrogens is 614 g/mol. The molecule has 4 aromatic rings. The minimum atomic E-state index is -1.05. The highest BCUT2D eigenvalue weighted by Gasteiger charge is 2.44. The van der Waals surface area contributed by atoms with Crippen LogP contribution in [-0.4, -0.2) is 78.9 Å². The SMILES string of the molecule is C#Cc1c(F)ccc2cc(OC=O)cc(-c3c(F)cc4c(N5C[C@H]6CC[C@@H](C5)N6)nc(OC[C@@]5(C)[C@@H](CF)CCN5C)nc4c3F)c12. The van der Waals surface area contributed by atoms with Gasteiger partial charge in [0, 0.05) is 47.4 Å². The van der Waals surface area contributed by atoms with Crippen molar-refractivity contribution in [2.45, 2.75) is 43.8 Å². The molecule has 3 aliphatic rings. The number of anilines is 1. The van der Waals surface area contributed by atoms with Gasteiger partial charge in [0.2, 0.25) is 0 Å². The smallest absolute Gasteiger partial charge is 0.319 e. The highest BCUT2D eigenvalue weighted by atomic mass is 19.1. The van der Waals surface area contributed by atoms with Crippen LogP contribution in [0.2, 0.25) is 0 Å². The van der Waals surface area contributed by atoms with Gasteiger partial charge in [-0.15, -0.1) is 6.42 Å². The fraction of sp³-hybridized carbons (Fsp3) is 0.400. The summed E-state index contributed by atoms with van der Waals surface area (Å²) < 4.78 is 73.4. The van der Waals surface area contributed by atoms with Gasteiger partial charge in [-0.2, -0.15) is 9.97 Å². The predicted molar refractivity (Wildman–Crippen MR) is 170 cm³/mol. The molecule has 3 fully saturated rings. The Morgan fingerprint density at radius 2 is 1.87 bits per heavy atom. The number of rotatable bonds is 8. The Morgan fingerprint density at radius 1 is 1.11 bits per heavy atom. The first-order valence-electron chi connectivity index (χ1n) is 15.6. The quantitative estimate of drug-likeness (QED) is 0.155. The number of ether oxygens (including phenoxy) is 2. The first kappa shape index (κ1) is 31.1. The van der Waals surface area contributed by atoms with E-state index in [1.165, 1.54) is 18.2 Å². The Kier molecular flexibility index (Phi) is 7.92. The monoisotopic (exact) mass is 647 g/mol. The number of hydrogen-bond donors (Lipinski definition) is 1. The number of alkyl halides is 1. The van der Waals surface area contributed by atoms with Crippen molar-refractivity contribution in [1.82, 2.24) is 20.2 Å². The summed E-state index contributed by atoms with van der Waals surface area (Å²) in [5.74, 6) is -0.442. The normalized spacial score (nSPS) is 24.2.